The van der Waals surface area contributed by atoms with Crippen LogP contribution in [0.3, 0.4) is 0 Å². The summed E-state index contributed by atoms with van der Waals surface area (Å²) in [6, 6.07) is 7.04. The first-order chi connectivity index (χ1) is 11.3. The number of imide groups is 1. The Labute approximate surface area is 138 Å². The fourth-order valence-electron chi connectivity index (χ4n) is 2.73. The van der Waals surface area contributed by atoms with Gasteiger partial charge in [0.05, 0.1) is 11.1 Å². The topological polar surface area (TPSA) is 61.4 Å². The minimum atomic E-state index is -0.160. The van der Waals surface area contributed by atoms with Gasteiger partial charge in [0.2, 0.25) is 0 Å². The Morgan fingerprint density at radius 3 is 1.91 bits per heavy atom. The molecule has 126 valence electrons. The molecule has 0 spiro atoms. The van der Waals surface area contributed by atoms with Crippen LogP contribution in [0.4, 0.5) is 0 Å². The monoisotopic (exact) mass is 317 g/mol. The lowest BCUT2D eigenvalue weighted by atomic mass is 10.1. The maximum Gasteiger partial charge on any atom is 0.261 e. The van der Waals surface area contributed by atoms with Crippen LogP contribution < -0.4 is 10.6 Å². The summed E-state index contributed by atoms with van der Waals surface area (Å²) in [7, 11) is 0. The molecule has 0 radical (unpaired) electrons. The Hall–Kier alpha value is -1.72. The lowest BCUT2D eigenvalue weighted by Crippen LogP contribution is -2.32. The Balaban J connectivity index is 1.57. The second kappa shape index (κ2) is 9.43. The van der Waals surface area contributed by atoms with Crippen LogP contribution in [0.1, 0.15) is 53.3 Å². The zero-order valence-electron chi connectivity index (χ0n) is 13.9. The molecule has 1 heterocycles. The van der Waals surface area contributed by atoms with Crippen LogP contribution in [-0.4, -0.2) is 49.4 Å². The predicted octanol–water partition coefficient (Wildman–Crippen LogP) is 2.04. The number of rotatable bonds is 11. The molecule has 0 bridgehead atoms. The summed E-state index contributed by atoms with van der Waals surface area (Å²) >= 11 is 0. The number of hydrogen-bond acceptors (Lipinski definition) is 4. The van der Waals surface area contributed by atoms with Crippen LogP contribution in [0, 0.1) is 0 Å². The van der Waals surface area contributed by atoms with Crippen molar-refractivity contribution in [1.82, 2.24) is 15.5 Å². The van der Waals surface area contributed by atoms with Crippen molar-refractivity contribution in [2.24, 2.45) is 0 Å². The highest BCUT2D eigenvalue weighted by Crippen LogP contribution is 2.22. The highest BCUT2D eigenvalue weighted by molar-refractivity contribution is 6.21. The smallest absolute Gasteiger partial charge is 0.261 e. The first-order valence-electron chi connectivity index (χ1n) is 8.62. The molecule has 0 aromatic heterocycles. The summed E-state index contributed by atoms with van der Waals surface area (Å²) < 4.78 is 0. The average Bonchev–Trinajstić information content (AvgIpc) is 2.81. The molecular formula is C18H27N3O2. The van der Waals surface area contributed by atoms with Crippen LogP contribution >= 0.6 is 0 Å². The first-order valence-corrected chi connectivity index (χ1v) is 8.62. The Kier molecular flexibility index (Phi) is 7.23. The normalized spacial score (nSPS) is 13.7. The van der Waals surface area contributed by atoms with E-state index in [0.29, 0.717) is 17.7 Å². The summed E-state index contributed by atoms with van der Waals surface area (Å²) in [6.07, 6.45) is 4.28. The van der Waals surface area contributed by atoms with E-state index < -0.39 is 0 Å². The Morgan fingerprint density at radius 1 is 0.826 bits per heavy atom. The SMILES string of the molecule is CCCNCCCCNCCCN1C(=O)c2ccccc2C1=O. The van der Waals surface area contributed by atoms with Crippen molar-refractivity contribution in [3.8, 4) is 0 Å². The number of nitrogens with one attached hydrogen (secondary N) is 2. The molecule has 0 aliphatic carbocycles. The largest absolute Gasteiger partial charge is 0.317 e. The number of unbranched alkanes of at least 4 members (excludes halogenated alkanes) is 1. The number of nitrogens with zero attached hydrogens (tertiary/aromatic N) is 1. The van der Waals surface area contributed by atoms with Gasteiger partial charge in [-0.1, -0.05) is 19.1 Å². The van der Waals surface area contributed by atoms with Crippen LogP contribution in [0.15, 0.2) is 24.3 Å². The van der Waals surface area contributed by atoms with Gasteiger partial charge in [-0.2, -0.15) is 0 Å². The van der Waals surface area contributed by atoms with E-state index in [0.717, 1.165) is 39.0 Å². The van der Waals surface area contributed by atoms with Gasteiger partial charge in [0.15, 0.2) is 0 Å². The molecule has 2 amide bonds. The summed E-state index contributed by atoms with van der Waals surface area (Å²) in [5.41, 5.74) is 1.06. The predicted molar refractivity (Wildman–Crippen MR) is 91.7 cm³/mol. The molecule has 1 aromatic carbocycles. The Bertz CT molecular complexity index is 496. The van der Waals surface area contributed by atoms with Gasteiger partial charge in [-0.25, -0.2) is 0 Å². The van der Waals surface area contributed by atoms with Crippen LogP contribution in [0.25, 0.3) is 0 Å². The second-order valence-electron chi connectivity index (χ2n) is 5.87. The molecule has 0 fully saturated rings. The van der Waals surface area contributed by atoms with Gasteiger partial charge in [0.25, 0.3) is 11.8 Å². The van der Waals surface area contributed by atoms with E-state index in [-0.39, 0.29) is 11.8 Å². The van der Waals surface area contributed by atoms with E-state index in [4.69, 9.17) is 0 Å². The van der Waals surface area contributed by atoms with Crippen molar-refractivity contribution in [1.29, 1.82) is 0 Å². The molecule has 0 saturated heterocycles. The Morgan fingerprint density at radius 2 is 1.35 bits per heavy atom. The molecule has 5 heteroatoms. The number of benzene rings is 1. The fourth-order valence-corrected chi connectivity index (χ4v) is 2.73. The van der Waals surface area contributed by atoms with Crippen molar-refractivity contribution in [3.05, 3.63) is 35.4 Å². The van der Waals surface area contributed by atoms with Crippen LogP contribution in [-0.2, 0) is 0 Å². The molecule has 23 heavy (non-hydrogen) atoms. The summed E-state index contributed by atoms with van der Waals surface area (Å²) in [6.45, 7) is 6.63. The molecule has 5 nitrogen and oxygen atoms in total. The standard InChI is InChI=1S/C18H27N3O2/c1-2-10-19-11-5-6-12-20-13-7-14-21-17(22)15-8-3-4-9-16(15)18(21)23/h3-4,8-9,19-20H,2,5-7,10-14H2,1H3. The van der Waals surface area contributed by atoms with Crippen molar-refractivity contribution in [2.45, 2.75) is 32.6 Å². The molecule has 2 rings (SSSR count). The van der Waals surface area contributed by atoms with Crippen molar-refractivity contribution >= 4 is 11.8 Å². The van der Waals surface area contributed by atoms with Gasteiger partial charge in [0.1, 0.15) is 0 Å². The highest BCUT2D eigenvalue weighted by Gasteiger charge is 2.34. The number of carbonyl (C=O) groups excluding carboxylic acids is 2. The number of amides is 2. The number of fused-ring (bicyclic) bond motifs is 1. The van der Waals surface area contributed by atoms with E-state index in [1.165, 1.54) is 17.7 Å². The zero-order valence-corrected chi connectivity index (χ0v) is 13.9. The van der Waals surface area contributed by atoms with E-state index >= 15 is 0 Å². The third kappa shape index (κ3) is 4.88. The van der Waals surface area contributed by atoms with Crippen molar-refractivity contribution in [3.63, 3.8) is 0 Å². The van der Waals surface area contributed by atoms with Gasteiger partial charge in [-0.3, -0.25) is 14.5 Å². The van der Waals surface area contributed by atoms with Crippen LogP contribution in [0.5, 0.6) is 0 Å². The van der Waals surface area contributed by atoms with E-state index in [1.54, 1.807) is 24.3 Å². The summed E-state index contributed by atoms with van der Waals surface area (Å²) in [4.78, 5) is 25.7. The van der Waals surface area contributed by atoms with Crippen molar-refractivity contribution in [2.75, 3.05) is 32.7 Å². The van der Waals surface area contributed by atoms with Gasteiger partial charge in [-0.05, 0) is 64.0 Å². The van der Waals surface area contributed by atoms with Crippen LogP contribution in [0.2, 0.25) is 0 Å². The quantitative estimate of drug-likeness (QED) is 0.484. The van der Waals surface area contributed by atoms with E-state index in [2.05, 4.69) is 17.6 Å². The molecule has 0 saturated carbocycles. The lowest BCUT2D eigenvalue weighted by Gasteiger charge is -2.13. The van der Waals surface area contributed by atoms with E-state index in [9.17, 15) is 9.59 Å². The molecule has 0 atom stereocenters. The minimum absolute atomic E-state index is 0.160. The fraction of sp³-hybridized carbons (Fsp3) is 0.556. The van der Waals surface area contributed by atoms with E-state index in [1.807, 2.05) is 0 Å². The molecule has 0 unspecified atom stereocenters. The molecule has 2 N–H and O–H groups in total. The van der Waals surface area contributed by atoms with Gasteiger partial charge < -0.3 is 10.6 Å². The average molecular weight is 317 g/mol. The minimum Gasteiger partial charge on any atom is -0.317 e. The van der Waals surface area contributed by atoms with Gasteiger partial charge in [0, 0.05) is 6.54 Å². The second-order valence-corrected chi connectivity index (χ2v) is 5.87. The first kappa shape index (κ1) is 17.6. The van der Waals surface area contributed by atoms with Gasteiger partial charge >= 0.3 is 0 Å². The third-order valence-corrected chi connectivity index (χ3v) is 4.00. The zero-order chi connectivity index (χ0) is 16.5. The molecule has 1 aromatic rings. The molecule has 1 aliphatic heterocycles. The van der Waals surface area contributed by atoms with Crippen molar-refractivity contribution < 1.29 is 9.59 Å². The van der Waals surface area contributed by atoms with Gasteiger partial charge in [-0.15, -0.1) is 0 Å². The number of hydrogen-bond donors (Lipinski definition) is 2. The highest BCUT2D eigenvalue weighted by atomic mass is 16.2. The maximum absolute atomic E-state index is 12.2. The summed E-state index contributed by atoms with van der Waals surface area (Å²) in [5.74, 6) is -0.319. The maximum atomic E-state index is 12.2. The number of carbonyl (C=O) groups is 2. The third-order valence-electron chi connectivity index (χ3n) is 4.00. The lowest BCUT2D eigenvalue weighted by molar-refractivity contribution is 0.0652. The molecule has 1 aliphatic rings. The molecular weight excluding hydrogens is 290 g/mol. The summed E-state index contributed by atoms with van der Waals surface area (Å²) in [5, 5.41) is 6.76.